The third kappa shape index (κ3) is 10.1. The molecular weight excluding hydrogens is 439 g/mol. The molecule has 0 amide bonds. The molecule has 138 valence electrons. The van der Waals surface area contributed by atoms with Gasteiger partial charge < -0.3 is 11.1 Å². The molecule has 0 saturated heterocycles. The monoisotopic (exact) mass is 468 g/mol. The summed E-state index contributed by atoms with van der Waals surface area (Å²) in [5.74, 6) is 0.368. The Kier molecular flexibility index (Phi) is 9.22. The van der Waals surface area contributed by atoms with E-state index in [4.69, 9.17) is 5.73 Å². The van der Waals surface area contributed by atoms with Gasteiger partial charge in [0.2, 0.25) is 10.0 Å². The van der Waals surface area contributed by atoms with Crippen molar-refractivity contribution in [1.29, 1.82) is 0 Å². The number of sulfonamides is 1. The number of aliphatic imine (C=N–C) groups is 1. The second kappa shape index (κ2) is 9.57. The van der Waals surface area contributed by atoms with Gasteiger partial charge in [0.15, 0.2) is 5.96 Å². The first kappa shape index (κ1) is 23.1. The molecule has 6 nitrogen and oxygen atoms in total. The smallest absolute Gasteiger partial charge is 0.216 e. The largest absolute Gasteiger partial charge is 0.370 e. The van der Waals surface area contributed by atoms with Crippen molar-refractivity contribution in [3.63, 3.8) is 0 Å². The predicted molar refractivity (Wildman–Crippen MR) is 111 cm³/mol. The lowest BCUT2D eigenvalue weighted by Crippen LogP contribution is -2.44. The minimum absolute atomic E-state index is 0. The molecule has 0 aliphatic rings. The van der Waals surface area contributed by atoms with Gasteiger partial charge in [-0.3, -0.25) is 0 Å². The van der Waals surface area contributed by atoms with Gasteiger partial charge in [0.05, 0.1) is 12.3 Å². The summed E-state index contributed by atoms with van der Waals surface area (Å²) in [4.78, 5) is 4.28. The lowest BCUT2D eigenvalue weighted by molar-refractivity contribution is 0.508. The highest BCUT2D eigenvalue weighted by atomic mass is 127. The van der Waals surface area contributed by atoms with Crippen LogP contribution in [-0.2, 0) is 22.3 Å². The number of rotatable bonds is 6. The van der Waals surface area contributed by atoms with Crippen LogP contribution < -0.4 is 15.8 Å². The molecule has 0 unspecified atom stereocenters. The van der Waals surface area contributed by atoms with E-state index >= 15 is 0 Å². The van der Waals surface area contributed by atoms with Crippen molar-refractivity contribution in [2.24, 2.45) is 10.7 Å². The summed E-state index contributed by atoms with van der Waals surface area (Å²) in [5.41, 5.74) is 7.40. The normalized spacial score (nSPS) is 12.8. The first-order valence-corrected chi connectivity index (χ1v) is 9.28. The fourth-order valence-corrected chi connectivity index (χ4v) is 3.39. The third-order valence-corrected chi connectivity index (χ3v) is 4.27. The van der Waals surface area contributed by atoms with E-state index < -0.39 is 10.0 Å². The standard InChI is InChI=1S/C16H28N4O2S.HI/c1-12(2)20-23(21,22)11-14-8-6-13(7-9-14)10-18-15(17)19-16(3,4)5;/h6-9,12,20H,10-11H2,1-5H3,(H3,17,18,19);1H. The summed E-state index contributed by atoms with van der Waals surface area (Å²) in [5, 5.41) is 3.09. The van der Waals surface area contributed by atoms with Crippen LogP contribution in [0.15, 0.2) is 29.3 Å². The van der Waals surface area contributed by atoms with Gasteiger partial charge in [-0.05, 0) is 45.7 Å². The summed E-state index contributed by atoms with van der Waals surface area (Å²) in [6.45, 7) is 10.1. The summed E-state index contributed by atoms with van der Waals surface area (Å²) < 4.78 is 26.3. The Morgan fingerprint density at radius 3 is 2.12 bits per heavy atom. The number of nitrogens with two attached hydrogens (primary N) is 1. The van der Waals surface area contributed by atoms with Crippen molar-refractivity contribution in [2.45, 2.75) is 58.5 Å². The van der Waals surface area contributed by atoms with Gasteiger partial charge in [-0.1, -0.05) is 24.3 Å². The number of hydrogen-bond donors (Lipinski definition) is 3. The Morgan fingerprint density at radius 1 is 1.17 bits per heavy atom. The van der Waals surface area contributed by atoms with E-state index in [-0.39, 0.29) is 41.3 Å². The van der Waals surface area contributed by atoms with Crippen molar-refractivity contribution in [3.05, 3.63) is 35.4 Å². The summed E-state index contributed by atoms with van der Waals surface area (Å²) in [6.07, 6.45) is 0. The molecule has 0 aromatic heterocycles. The van der Waals surface area contributed by atoms with Crippen LogP contribution in [0.2, 0.25) is 0 Å². The second-order valence-corrected chi connectivity index (χ2v) is 8.68. The Labute approximate surface area is 162 Å². The van der Waals surface area contributed by atoms with Gasteiger partial charge in [-0.2, -0.15) is 0 Å². The van der Waals surface area contributed by atoms with Crippen LogP contribution in [0.25, 0.3) is 0 Å². The summed E-state index contributed by atoms with van der Waals surface area (Å²) in [6, 6.07) is 7.24. The average Bonchev–Trinajstić information content (AvgIpc) is 2.33. The van der Waals surface area contributed by atoms with Crippen LogP contribution in [0.5, 0.6) is 0 Å². The zero-order chi connectivity index (χ0) is 17.7. The van der Waals surface area contributed by atoms with E-state index in [1.165, 1.54) is 0 Å². The van der Waals surface area contributed by atoms with E-state index in [2.05, 4.69) is 15.0 Å². The minimum Gasteiger partial charge on any atom is -0.370 e. The number of guanidine groups is 1. The number of halogens is 1. The average molecular weight is 468 g/mol. The molecule has 0 bridgehead atoms. The molecule has 0 heterocycles. The van der Waals surface area contributed by atoms with Crippen molar-refractivity contribution in [2.75, 3.05) is 0 Å². The van der Waals surface area contributed by atoms with E-state index in [9.17, 15) is 8.42 Å². The second-order valence-electron chi connectivity index (χ2n) is 6.92. The molecule has 1 rings (SSSR count). The molecule has 0 radical (unpaired) electrons. The lowest BCUT2D eigenvalue weighted by Gasteiger charge is -2.20. The lowest BCUT2D eigenvalue weighted by atomic mass is 10.1. The van der Waals surface area contributed by atoms with Crippen LogP contribution in [-0.4, -0.2) is 26.0 Å². The third-order valence-electron chi connectivity index (χ3n) is 2.73. The number of benzene rings is 1. The Bertz CT molecular complexity index is 635. The van der Waals surface area contributed by atoms with Gasteiger partial charge in [-0.15, -0.1) is 24.0 Å². The Morgan fingerprint density at radius 2 is 1.67 bits per heavy atom. The highest BCUT2D eigenvalue weighted by Gasteiger charge is 2.13. The van der Waals surface area contributed by atoms with Crippen LogP contribution in [0, 0.1) is 0 Å². The Hall–Kier alpha value is -0.870. The maximum Gasteiger partial charge on any atom is 0.216 e. The van der Waals surface area contributed by atoms with Gasteiger partial charge in [0.25, 0.3) is 0 Å². The topological polar surface area (TPSA) is 96.6 Å². The maximum atomic E-state index is 11.9. The molecule has 1 aromatic carbocycles. The molecule has 4 N–H and O–H groups in total. The maximum absolute atomic E-state index is 11.9. The summed E-state index contributed by atoms with van der Waals surface area (Å²) in [7, 11) is -3.30. The summed E-state index contributed by atoms with van der Waals surface area (Å²) >= 11 is 0. The van der Waals surface area contributed by atoms with E-state index in [0.29, 0.717) is 12.5 Å². The molecule has 0 atom stereocenters. The van der Waals surface area contributed by atoms with Crippen molar-refractivity contribution >= 4 is 40.0 Å². The molecule has 0 aliphatic heterocycles. The number of nitrogens with zero attached hydrogens (tertiary/aromatic N) is 1. The number of hydrogen-bond acceptors (Lipinski definition) is 3. The number of nitrogens with one attached hydrogen (secondary N) is 2. The fraction of sp³-hybridized carbons (Fsp3) is 0.562. The van der Waals surface area contributed by atoms with E-state index in [1.807, 2.05) is 32.9 Å². The van der Waals surface area contributed by atoms with Crippen molar-refractivity contribution < 1.29 is 8.42 Å². The van der Waals surface area contributed by atoms with Gasteiger partial charge in [0, 0.05) is 11.6 Å². The van der Waals surface area contributed by atoms with Crippen molar-refractivity contribution in [1.82, 2.24) is 10.0 Å². The SMILES string of the molecule is CC(C)NS(=O)(=O)Cc1ccc(CN=C(N)NC(C)(C)C)cc1.I. The zero-order valence-electron chi connectivity index (χ0n) is 15.0. The van der Waals surface area contributed by atoms with Crippen molar-refractivity contribution in [3.8, 4) is 0 Å². The first-order chi connectivity index (χ1) is 10.5. The molecule has 0 saturated carbocycles. The van der Waals surface area contributed by atoms with Gasteiger partial charge in [-0.25, -0.2) is 18.1 Å². The van der Waals surface area contributed by atoms with Crippen LogP contribution in [0.1, 0.15) is 45.7 Å². The highest BCUT2D eigenvalue weighted by molar-refractivity contribution is 14.0. The first-order valence-electron chi connectivity index (χ1n) is 7.63. The molecule has 24 heavy (non-hydrogen) atoms. The predicted octanol–water partition coefficient (Wildman–Crippen LogP) is 2.34. The zero-order valence-corrected chi connectivity index (χ0v) is 18.1. The van der Waals surface area contributed by atoms with Crippen LogP contribution in [0.4, 0.5) is 0 Å². The quantitative estimate of drug-likeness (QED) is 0.339. The molecule has 0 aliphatic carbocycles. The molecule has 8 heteroatoms. The molecule has 0 fully saturated rings. The van der Waals surface area contributed by atoms with Crippen LogP contribution >= 0.6 is 24.0 Å². The fourth-order valence-electron chi connectivity index (χ4n) is 1.96. The highest BCUT2D eigenvalue weighted by Crippen LogP contribution is 2.09. The van der Waals surface area contributed by atoms with E-state index in [1.54, 1.807) is 26.0 Å². The molecule has 1 aromatic rings. The molecule has 0 spiro atoms. The van der Waals surface area contributed by atoms with E-state index in [0.717, 1.165) is 11.1 Å². The molecular formula is C16H29IN4O2S. The van der Waals surface area contributed by atoms with Gasteiger partial charge >= 0.3 is 0 Å². The van der Waals surface area contributed by atoms with Gasteiger partial charge in [0.1, 0.15) is 0 Å². The van der Waals surface area contributed by atoms with Crippen LogP contribution in [0.3, 0.4) is 0 Å². The Balaban J connectivity index is 0.00000529. The minimum atomic E-state index is -3.30.